The van der Waals surface area contributed by atoms with Crippen LogP contribution in [0.25, 0.3) is 0 Å². The molecule has 2 atom stereocenters. The molecule has 1 aliphatic rings. The van der Waals surface area contributed by atoms with Crippen molar-refractivity contribution in [2.45, 2.75) is 39.2 Å². The van der Waals surface area contributed by atoms with Crippen molar-refractivity contribution in [3.8, 4) is 0 Å². The van der Waals surface area contributed by atoms with Crippen LogP contribution < -0.4 is 4.90 Å². The number of aromatic carboxylic acids is 1. The predicted molar refractivity (Wildman–Crippen MR) is 75.4 cm³/mol. The lowest BCUT2D eigenvalue weighted by Crippen LogP contribution is -2.43. The Morgan fingerprint density at radius 3 is 3.00 bits per heavy atom. The van der Waals surface area contributed by atoms with E-state index >= 15 is 0 Å². The number of ether oxygens (including phenoxy) is 1. The minimum atomic E-state index is -0.875. The summed E-state index contributed by atoms with van der Waals surface area (Å²) >= 11 is 1.28. The molecule has 2 heterocycles. The van der Waals surface area contributed by atoms with E-state index in [9.17, 15) is 9.90 Å². The van der Waals surface area contributed by atoms with Gasteiger partial charge in [-0.2, -0.15) is 0 Å². The molecule has 6 heteroatoms. The molecule has 0 amide bonds. The summed E-state index contributed by atoms with van der Waals surface area (Å²) in [6.07, 6.45) is 0.891. The molecule has 2 rings (SSSR count). The highest BCUT2D eigenvalue weighted by molar-refractivity contribution is 7.17. The van der Waals surface area contributed by atoms with Crippen LogP contribution in [0.4, 0.5) is 5.13 Å². The topological polar surface area (TPSA) is 62.7 Å². The van der Waals surface area contributed by atoms with Crippen molar-refractivity contribution in [3.05, 3.63) is 10.6 Å². The maximum atomic E-state index is 11.3. The van der Waals surface area contributed by atoms with Crippen molar-refractivity contribution in [1.29, 1.82) is 0 Å². The zero-order chi connectivity index (χ0) is 14.0. The number of anilines is 1. The van der Waals surface area contributed by atoms with Gasteiger partial charge in [0, 0.05) is 6.54 Å². The van der Waals surface area contributed by atoms with Crippen molar-refractivity contribution in [1.82, 2.24) is 4.98 Å². The molecule has 1 fully saturated rings. The fourth-order valence-electron chi connectivity index (χ4n) is 2.13. The second-order valence-corrected chi connectivity index (χ2v) is 5.92. The Morgan fingerprint density at radius 2 is 2.42 bits per heavy atom. The average molecular weight is 284 g/mol. The van der Waals surface area contributed by atoms with Gasteiger partial charge in [0.2, 0.25) is 0 Å². The van der Waals surface area contributed by atoms with Crippen LogP contribution in [0.5, 0.6) is 0 Å². The summed E-state index contributed by atoms with van der Waals surface area (Å²) in [7, 11) is 0. The minimum Gasteiger partial charge on any atom is -0.477 e. The molecule has 1 aromatic heterocycles. The highest BCUT2D eigenvalue weighted by Crippen LogP contribution is 2.33. The lowest BCUT2D eigenvalue weighted by Gasteiger charge is -2.32. The third-order valence-electron chi connectivity index (χ3n) is 3.53. The van der Waals surface area contributed by atoms with Gasteiger partial charge in [-0.25, -0.2) is 9.78 Å². The van der Waals surface area contributed by atoms with E-state index in [1.807, 2.05) is 13.8 Å². The van der Waals surface area contributed by atoms with E-state index in [4.69, 9.17) is 4.74 Å². The van der Waals surface area contributed by atoms with Crippen LogP contribution >= 0.6 is 11.3 Å². The molecule has 1 saturated heterocycles. The highest BCUT2D eigenvalue weighted by atomic mass is 32.1. The molecule has 0 aromatic carbocycles. The number of aromatic nitrogens is 1. The number of hydrogen-bond donors (Lipinski definition) is 1. The summed E-state index contributed by atoms with van der Waals surface area (Å²) in [4.78, 5) is 18.5. The molecule has 0 spiro atoms. The Morgan fingerprint density at radius 1 is 1.68 bits per heavy atom. The lowest BCUT2D eigenvalue weighted by atomic mass is 10.0. The summed E-state index contributed by atoms with van der Waals surface area (Å²) in [5.41, 5.74) is 0.716. The molecule has 5 nitrogen and oxygen atoms in total. The quantitative estimate of drug-likeness (QED) is 0.920. The highest BCUT2D eigenvalue weighted by Gasteiger charge is 2.27. The monoisotopic (exact) mass is 284 g/mol. The van der Waals surface area contributed by atoms with Gasteiger partial charge in [-0.15, -0.1) is 0 Å². The van der Waals surface area contributed by atoms with E-state index in [0.29, 0.717) is 23.8 Å². The lowest BCUT2D eigenvalue weighted by molar-refractivity contribution is 0.0700. The second-order valence-electron chi connectivity index (χ2n) is 4.94. The second kappa shape index (κ2) is 5.88. The van der Waals surface area contributed by atoms with Crippen LogP contribution in [-0.2, 0) is 4.74 Å². The third kappa shape index (κ3) is 2.90. The van der Waals surface area contributed by atoms with E-state index in [1.54, 1.807) is 0 Å². The van der Waals surface area contributed by atoms with Gasteiger partial charge >= 0.3 is 5.97 Å². The number of thiazole rings is 1. The zero-order valence-electron chi connectivity index (χ0n) is 11.5. The van der Waals surface area contributed by atoms with Crippen molar-refractivity contribution in [2.75, 3.05) is 24.7 Å². The van der Waals surface area contributed by atoms with Crippen molar-refractivity contribution >= 4 is 22.4 Å². The number of hydrogen-bond acceptors (Lipinski definition) is 5. The largest absolute Gasteiger partial charge is 0.477 e. The maximum Gasteiger partial charge on any atom is 0.347 e. The number of carboxylic acids is 1. The van der Waals surface area contributed by atoms with Gasteiger partial charge in [0.1, 0.15) is 4.88 Å². The summed E-state index contributed by atoms with van der Waals surface area (Å²) in [5, 5.41) is 10.1. The zero-order valence-corrected chi connectivity index (χ0v) is 12.4. The van der Waals surface area contributed by atoms with E-state index in [-0.39, 0.29) is 12.0 Å². The van der Waals surface area contributed by atoms with Gasteiger partial charge in [0.05, 0.1) is 24.9 Å². The molecular formula is C13H20N2O3S. The molecule has 0 aliphatic carbocycles. The van der Waals surface area contributed by atoms with Crippen molar-refractivity contribution in [3.63, 3.8) is 0 Å². The van der Waals surface area contributed by atoms with Crippen molar-refractivity contribution < 1.29 is 14.6 Å². The SMILES string of the molecule is CCC(C)c1nc(N2CCOCC2C)sc1C(=O)O. The van der Waals surface area contributed by atoms with Gasteiger partial charge < -0.3 is 14.7 Å². The van der Waals surface area contributed by atoms with Crippen LogP contribution in [0.1, 0.15) is 48.5 Å². The van der Waals surface area contributed by atoms with Crippen molar-refractivity contribution in [2.24, 2.45) is 0 Å². The number of carbonyl (C=O) groups is 1. The van der Waals surface area contributed by atoms with Crippen LogP contribution in [0.15, 0.2) is 0 Å². The fourth-order valence-corrected chi connectivity index (χ4v) is 3.29. The molecule has 0 radical (unpaired) electrons. The number of rotatable bonds is 4. The van der Waals surface area contributed by atoms with E-state index in [0.717, 1.165) is 18.1 Å². The van der Waals surface area contributed by atoms with Gasteiger partial charge in [0.25, 0.3) is 0 Å². The summed E-state index contributed by atoms with van der Waals surface area (Å²) in [6, 6.07) is 0.242. The van der Waals surface area contributed by atoms with E-state index in [2.05, 4.69) is 16.8 Å². The van der Waals surface area contributed by atoms with Crippen LogP contribution in [0.3, 0.4) is 0 Å². The first kappa shape index (κ1) is 14.3. The number of carboxylic acid groups (broad SMARTS) is 1. The smallest absolute Gasteiger partial charge is 0.347 e. The Bertz CT molecular complexity index is 461. The molecule has 1 aromatic rings. The summed E-state index contributed by atoms with van der Waals surface area (Å²) in [5.74, 6) is -0.701. The standard InChI is InChI=1S/C13H20N2O3S/c1-4-8(2)10-11(12(16)17)19-13(14-10)15-5-6-18-7-9(15)3/h8-9H,4-7H2,1-3H3,(H,16,17). The molecule has 19 heavy (non-hydrogen) atoms. The third-order valence-corrected chi connectivity index (χ3v) is 4.63. The first-order valence-electron chi connectivity index (χ1n) is 6.63. The van der Waals surface area contributed by atoms with Crippen LogP contribution in [-0.4, -0.2) is 41.9 Å². The van der Waals surface area contributed by atoms with Gasteiger partial charge in [-0.05, 0) is 19.3 Å². The Balaban J connectivity index is 2.33. The van der Waals surface area contributed by atoms with Crippen LogP contribution in [0, 0.1) is 0 Å². The van der Waals surface area contributed by atoms with Gasteiger partial charge in [-0.3, -0.25) is 0 Å². The molecular weight excluding hydrogens is 264 g/mol. The normalized spacial score (nSPS) is 21.4. The minimum absolute atomic E-state index is 0.174. The van der Waals surface area contributed by atoms with Crippen LogP contribution in [0.2, 0.25) is 0 Å². The van der Waals surface area contributed by atoms with Gasteiger partial charge in [0.15, 0.2) is 5.13 Å². The molecule has 1 N–H and O–H groups in total. The fraction of sp³-hybridized carbons (Fsp3) is 0.692. The molecule has 2 unspecified atom stereocenters. The Hall–Kier alpha value is -1.14. The molecule has 106 valence electrons. The first-order valence-corrected chi connectivity index (χ1v) is 7.44. The van der Waals surface area contributed by atoms with Gasteiger partial charge in [-0.1, -0.05) is 25.2 Å². The Labute approximate surface area is 117 Å². The predicted octanol–water partition coefficient (Wildman–Crippen LogP) is 2.58. The number of nitrogens with zero attached hydrogens (tertiary/aromatic N) is 2. The summed E-state index contributed by atoms with van der Waals surface area (Å²) < 4.78 is 5.41. The van der Waals surface area contributed by atoms with E-state index in [1.165, 1.54) is 11.3 Å². The molecule has 0 bridgehead atoms. The average Bonchev–Trinajstić information content (AvgIpc) is 2.83. The maximum absolute atomic E-state index is 11.3. The van der Waals surface area contributed by atoms with E-state index < -0.39 is 5.97 Å². The molecule has 1 aliphatic heterocycles. The summed E-state index contributed by atoms with van der Waals surface area (Å²) in [6.45, 7) is 8.25. The molecule has 0 saturated carbocycles. The number of morpholine rings is 1. The Kier molecular flexibility index (Phi) is 4.42. The first-order chi connectivity index (χ1) is 9.04.